The number of carbonyl (C=O) groups excluding carboxylic acids is 4. The molecule has 0 spiro atoms. The van der Waals surface area contributed by atoms with Gasteiger partial charge in [-0.15, -0.1) is 0 Å². The van der Waals surface area contributed by atoms with Crippen LogP contribution in [0.15, 0.2) is 24.3 Å². The van der Waals surface area contributed by atoms with Gasteiger partial charge in [0, 0.05) is 24.7 Å². The lowest BCUT2D eigenvalue weighted by Crippen LogP contribution is -2.41. The van der Waals surface area contributed by atoms with Gasteiger partial charge < -0.3 is 16.0 Å². The molecule has 8 heteroatoms. The first kappa shape index (κ1) is 14.5. The standard InChI is InChI=1S/C13H14N4O4/c1-7(18)15-9-4-2-3-8(5-9)11(19)14-6-10-12(20)17-13(21)16-10/h2-5,10H,6H2,1H3,(H,14,19)(H,15,18)(H2,16,17,20,21). The van der Waals surface area contributed by atoms with Crippen LogP contribution in [0.2, 0.25) is 0 Å². The molecule has 1 saturated heterocycles. The molecule has 21 heavy (non-hydrogen) atoms. The van der Waals surface area contributed by atoms with E-state index in [0.717, 1.165) is 0 Å². The van der Waals surface area contributed by atoms with Crippen LogP contribution in [0.5, 0.6) is 0 Å². The Kier molecular flexibility index (Phi) is 4.17. The molecule has 0 aliphatic carbocycles. The highest BCUT2D eigenvalue weighted by Gasteiger charge is 2.29. The van der Waals surface area contributed by atoms with Crippen molar-refractivity contribution in [2.45, 2.75) is 13.0 Å². The lowest BCUT2D eigenvalue weighted by Gasteiger charge is -2.10. The SMILES string of the molecule is CC(=O)Nc1cccc(C(=O)NCC2NC(=O)NC2=O)c1. The van der Waals surface area contributed by atoms with E-state index in [1.54, 1.807) is 18.2 Å². The Labute approximate surface area is 120 Å². The lowest BCUT2D eigenvalue weighted by molar-refractivity contribution is -0.120. The minimum Gasteiger partial charge on any atom is -0.349 e. The van der Waals surface area contributed by atoms with E-state index in [-0.39, 0.29) is 12.5 Å². The van der Waals surface area contributed by atoms with Crippen LogP contribution < -0.4 is 21.3 Å². The largest absolute Gasteiger partial charge is 0.349 e. The Morgan fingerprint density at radius 1 is 1.29 bits per heavy atom. The quantitative estimate of drug-likeness (QED) is 0.564. The van der Waals surface area contributed by atoms with Gasteiger partial charge in [0.25, 0.3) is 11.8 Å². The van der Waals surface area contributed by atoms with Crippen LogP contribution in [0.25, 0.3) is 0 Å². The Hall–Kier alpha value is -2.90. The number of amides is 5. The number of anilines is 1. The molecule has 1 aromatic rings. The molecule has 0 aromatic heterocycles. The number of imide groups is 1. The van der Waals surface area contributed by atoms with Gasteiger partial charge in [0.05, 0.1) is 0 Å². The maximum atomic E-state index is 12.0. The van der Waals surface area contributed by atoms with Gasteiger partial charge in [0.1, 0.15) is 6.04 Å². The Morgan fingerprint density at radius 3 is 2.67 bits per heavy atom. The first-order chi connectivity index (χ1) is 9.95. The summed E-state index contributed by atoms with van der Waals surface area (Å²) in [4.78, 5) is 45.2. The predicted molar refractivity (Wildman–Crippen MR) is 73.5 cm³/mol. The number of hydrogen-bond donors (Lipinski definition) is 4. The summed E-state index contributed by atoms with van der Waals surface area (Å²) in [6.07, 6.45) is 0. The van der Waals surface area contributed by atoms with Gasteiger partial charge in [0.2, 0.25) is 5.91 Å². The van der Waals surface area contributed by atoms with Crippen molar-refractivity contribution in [3.63, 3.8) is 0 Å². The topological polar surface area (TPSA) is 116 Å². The van der Waals surface area contributed by atoms with Crippen LogP contribution in [0.4, 0.5) is 10.5 Å². The van der Waals surface area contributed by atoms with E-state index in [1.165, 1.54) is 13.0 Å². The van der Waals surface area contributed by atoms with Crippen molar-refractivity contribution in [3.8, 4) is 0 Å². The second kappa shape index (κ2) is 6.04. The maximum Gasteiger partial charge on any atom is 0.322 e. The van der Waals surface area contributed by atoms with Gasteiger partial charge in [-0.2, -0.15) is 0 Å². The molecule has 1 unspecified atom stereocenters. The van der Waals surface area contributed by atoms with Crippen molar-refractivity contribution in [2.75, 3.05) is 11.9 Å². The molecule has 8 nitrogen and oxygen atoms in total. The summed E-state index contributed by atoms with van der Waals surface area (Å²) in [6.45, 7) is 1.36. The molecular formula is C13H14N4O4. The van der Waals surface area contributed by atoms with Crippen molar-refractivity contribution in [1.29, 1.82) is 0 Å². The van der Waals surface area contributed by atoms with Crippen LogP contribution in [0.1, 0.15) is 17.3 Å². The van der Waals surface area contributed by atoms with Crippen LogP contribution in [0, 0.1) is 0 Å². The second-order valence-electron chi connectivity index (χ2n) is 4.49. The van der Waals surface area contributed by atoms with Gasteiger partial charge >= 0.3 is 6.03 Å². The highest BCUT2D eigenvalue weighted by Crippen LogP contribution is 2.10. The zero-order valence-corrected chi connectivity index (χ0v) is 11.2. The average molecular weight is 290 g/mol. The number of rotatable bonds is 4. The number of nitrogens with one attached hydrogen (secondary N) is 4. The molecule has 0 bridgehead atoms. The molecule has 1 fully saturated rings. The van der Waals surface area contributed by atoms with Crippen LogP contribution >= 0.6 is 0 Å². The average Bonchev–Trinajstić information content (AvgIpc) is 2.74. The normalized spacial score (nSPS) is 16.9. The fraction of sp³-hybridized carbons (Fsp3) is 0.231. The Bertz CT molecular complexity index is 614. The summed E-state index contributed by atoms with van der Waals surface area (Å²) in [7, 11) is 0. The van der Waals surface area contributed by atoms with Gasteiger partial charge in [-0.05, 0) is 18.2 Å². The summed E-state index contributed by atoms with van der Waals surface area (Å²) >= 11 is 0. The summed E-state index contributed by atoms with van der Waals surface area (Å²) in [5.41, 5.74) is 0.841. The molecule has 1 atom stereocenters. The van der Waals surface area contributed by atoms with Gasteiger partial charge in [-0.1, -0.05) is 6.07 Å². The zero-order valence-electron chi connectivity index (χ0n) is 11.2. The molecule has 0 saturated carbocycles. The zero-order chi connectivity index (χ0) is 15.4. The molecule has 110 valence electrons. The Morgan fingerprint density at radius 2 is 2.05 bits per heavy atom. The van der Waals surface area contributed by atoms with Gasteiger partial charge in [-0.3, -0.25) is 19.7 Å². The van der Waals surface area contributed by atoms with Crippen LogP contribution in [-0.2, 0) is 9.59 Å². The molecule has 1 aromatic carbocycles. The van der Waals surface area contributed by atoms with E-state index >= 15 is 0 Å². The molecule has 1 heterocycles. The number of carbonyl (C=O) groups is 4. The molecule has 1 aliphatic heterocycles. The van der Waals surface area contributed by atoms with Crippen molar-refractivity contribution < 1.29 is 19.2 Å². The second-order valence-corrected chi connectivity index (χ2v) is 4.49. The highest BCUT2D eigenvalue weighted by molar-refractivity contribution is 6.04. The molecule has 0 radical (unpaired) electrons. The van der Waals surface area contributed by atoms with Crippen molar-refractivity contribution in [2.24, 2.45) is 0 Å². The number of hydrogen-bond acceptors (Lipinski definition) is 4. The monoisotopic (exact) mass is 290 g/mol. The van der Waals surface area contributed by atoms with E-state index < -0.39 is 23.9 Å². The predicted octanol–water partition coefficient (Wildman–Crippen LogP) is -0.417. The fourth-order valence-electron chi connectivity index (χ4n) is 1.84. The highest BCUT2D eigenvalue weighted by atomic mass is 16.2. The van der Waals surface area contributed by atoms with E-state index in [2.05, 4.69) is 21.3 Å². The van der Waals surface area contributed by atoms with E-state index in [1.807, 2.05) is 0 Å². The molecule has 5 amide bonds. The third-order valence-electron chi connectivity index (χ3n) is 2.77. The first-order valence-corrected chi connectivity index (χ1v) is 6.23. The number of benzene rings is 1. The fourth-order valence-corrected chi connectivity index (χ4v) is 1.84. The smallest absolute Gasteiger partial charge is 0.322 e. The van der Waals surface area contributed by atoms with Crippen LogP contribution in [-0.4, -0.2) is 36.3 Å². The first-order valence-electron chi connectivity index (χ1n) is 6.23. The molecular weight excluding hydrogens is 276 g/mol. The summed E-state index contributed by atoms with van der Waals surface area (Å²) in [6, 6.07) is 5.03. The number of urea groups is 1. The van der Waals surface area contributed by atoms with Crippen molar-refractivity contribution in [1.82, 2.24) is 16.0 Å². The molecule has 4 N–H and O–H groups in total. The van der Waals surface area contributed by atoms with Crippen molar-refractivity contribution >= 4 is 29.4 Å². The van der Waals surface area contributed by atoms with Crippen molar-refractivity contribution in [3.05, 3.63) is 29.8 Å². The molecule has 2 rings (SSSR count). The Balaban J connectivity index is 1.95. The van der Waals surface area contributed by atoms with Gasteiger partial charge in [0.15, 0.2) is 0 Å². The summed E-state index contributed by atoms with van der Waals surface area (Å²) in [5.74, 6) is -1.12. The van der Waals surface area contributed by atoms with Gasteiger partial charge in [-0.25, -0.2) is 4.79 Å². The summed E-state index contributed by atoms with van der Waals surface area (Å²) < 4.78 is 0. The van der Waals surface area contributed by atoms with E-state index in [9.17, 15) is 19.2 Å². The summed E-state index contributed by atoms with van der Waals surface area (Å²) in [5, 5.41) is 9.57. The van der Waals surface area contributed by atoms with E-state index in [4.69, 9.17) is 0 Å². The minimum atomic E-state index is -0.778. The van der Waals surface area contributed by atoms with E-state index in [0.29, 0.717) is 11.3 Å². The minimum absolute atomic E-state index is 0.0131. The molecule has 1 aliphatic rings. The third kappa shape index (κ3) is 3.78. The van der Waals surface area contributed by atoms with Crippen LogP contribution in [0.3, 0.4) is 0 Å². The third-order valence-corrected chi connectivity index (χ3v) is 2.77. The maximum absolute atomic E-state index is 12.0. The lowest BCUT2D eigenvalue weighted by atomic mass is 10.2.